The summed E-state index contributed by atoms with van der Waals surface area (Å²) in [6.07, 6.45) is -2.53. The first-order chi connectivity index (χ1) is 9.51. The van der Waals surface area contributed by atoms with Gasteiger partial charge in [0.2, 0.25) is 5.95 Å². The fourth-order valence-electron chi connectivity index (χ4n) is 1.80. The van der Waals surface area contributed by atoms with E-state index in [1.807, 2.05) is 0 Å². The fraction of sp³-hybridized carbons (Fsp3) is 0.364. The van der Waals surface area contributed by atoms with Crippen LogP contribution in [-0.4, -0.2) is 40.3 Å². The molecule has 20 heavy (non-hydrogen) atoms. The first-order valence-electron chi connectivity index (χ1n) is 5.74. The molecule has 1 heterocycles. The molecule has 0 atom stereocenters. The van der Waals surface area contributed by atoms with E-state index in [1.54, 1.807) is 0 Å². The summed E-state index contributed by atoms with van der Waals surface area (Å²) < 4.78 is 25.0. The number of H-pyrrole nitrogens is 1. The van der Waals surface area contributed by atoms with Crippen LogP contribution >= 0.6 is 11.6 Å². The molecule has 2 rings (SSSR count). The number of alkyl halides is 3. The van der Waals surface area contributed by atoms with Gasteiger partial charge < -0.3 is 9.88 Å². The number of nitro benzene ring substituents is 1. The predicted molar refractivity (Wildman–Crippen MR) is 71.7 cm³/mol. The number of imidazole rings is 1. The highest BCUT2D eigenvalue weighted by molar-refractivity contribution is 6.18. The molecule has 1 N–H and O–H groups in total. The van der Waals surface area contributed by atoms with Gasteiger partial charge in [-0.1, -0.05) is 0 Å². The second-order valence-corrected chi connectivity index (χ2v) is 4.42. The van der Waals surface area contributed by atoms with Gasteiger partial charge in [0, 0.05) is 24.6 Å². The largest absolute Gasteiger partial charge is 0.335 e. The van der Waals surface area contributed by atoms with E-state index in [4.69, 9.17) is 11.6 Å². The summed E-state index contributed by atoms with van der Waals surface area (Å²) in [5.41, 5.74) is 0.799. The molecular formula is C11H11ClF2N4O2. The summed E-state index contributed by atoms with van der Waals surface area (Å²) in [5, 5.41) is 10.7. The molecule has 0 aliphatic rings. The number of hydrogen-bond donors (Lipinski definition) is 1. The Balaban J connectivity index is 2.35. The number of nitrogens with one attached hydrogen (secondary N) is 1. The van der Waals surface area contributed by atoms with Gasteiger partial charge in [0.25, 0.3) is 12.1 Å². The zero-order valence-electron chi connectivity index (χ0n) is 10.2. The van der Waals surface area contributed by atoms with Gasteiger partial charge in [0.1, 0.15) is 0 Å². The zero-order valence-corrected chi connectivity index (χ0v) is 11.0. The van der Waals surface area contributed by atoms with Crippen LogP contribution in [0.1, 0.15) is 0 Å². The van der Waals surface area contributed by atoms with Crippen LogP contribution in [0.3, 0.4) is 0 Å². The summed E-state index contributed by atoms with van der Waals surface area (Å²) in [5.74, 6) is 0.394. The second-order valence-electron chi connectivity index (χ2n) is 4.05. The van der Waals surface area contributed by atoms with Gasteiger partial charge in [0.05, 0.1) is 22.5 Å². The third-order valence-corrected chi connectivity index (χ3v) is 2.85. The number of nitro groups is 1. The minimum absolute atomic E-state index is 0.0922. The maximum atomic E-state index is 12.5. The lowest BCUT2D eigenvalue weighted by atomic mass is 10.3. The standard InChI is InChI=1S/C11H11ClF2N4O2/c12-3-4-17(6-10(13)14)11-15-8-2-1-7(18(19)20)5-9(8)16-11/h1-2,5,10H,3-4,6H2,(H,15,16). The summed E-state index contributed by atoms with van der Waals surface area (Å²) in [6.45, 7) is -0.303. The van der Waals surface area contributed by atoms with Crippen molar-refractivity contribution >= 4 is 34.3 Å². The summed E-state index contributed by atoms with van der Waals surface area (Å²) in [7, 11) is 0. The number of non-ortho nitro benzene ring substituents is 1. The minimum atomic E-state index is -2.53. The molecule has 0 saturated heterocycles. The van der Waals surface area contributed by atoms with Crippen molar-refractivity contribution in [1.82, 2.24) is 9.97 Å². The van der Waals surface area contributed by atoms with E-state index in [-0.39, 0.29) is 24.1 Å². The monoisotopic (exact) mass is 304 g/mol. The van der Waals surface area contributed by atoms with Crippen LogP contribution in [0.4, 0.5) is 20.4 Å². The van der Waals surface area contributed by atoms with Gasteiger partial charge in [-0.2, -0.15) is 0 Å². The van der Waals surface area contributed by atoms with Crippen molar-refractivity contribution < 1.29 is 13.7 Å². The number of benzene rings is 1. The number of nitrogens with zero attached hydrogens (tertiary/aromatic N) is 3. The molecule has 0 aliphatic carbocycles. The lowest BCUT2D eigenvalue weighted by molar-refractivity contribution is -0.384. The van der Waals surface area contributed by atoms with Crippen LogP contribution in [0.25, 0.3) is 11.0 Å². The number of hydrogen-bond acceptors (Lipinski definition) is 4. The van der Waals surface area contributed by atoms with Gasteiger partial charge in [0.15, 0.2) is 0 Å². The number of halogens is 3. The van der Waals surface area contributed by atoms with Crippen molar-refractivity contribution in [2.24, 2.45) is 0 Å². The number of anilines is 1. The smallest absolute Gasteiger partial charge is 0.271 e. The Morgan fingerprint density at radius 2 is 2.25 bits per heavy atom. The van der Waals surface area contributed by atoms with E-state index in [0.29, 0.717) is 11.0 Å². The van der Waals surface area contributed by atoms with Gasteiger partial charge in [-0.3, -0.25) is 10.1 Å². The van der Waals surface area contributed by atoms with E-state index in [2.05, 4.69) is 9.97 Å². The van der Waals surface area contributed by atoms with E-state index in [9.17, 15) is 18.9 Å². The maximum Gasteiger partial charge on any atom is 0.271 e. The van der Waals surface area contributed by atoms with Gasteiger partial charge in [-0.15, -0.1) is 11.6 Å². The van der Waals surface area contributed by atoms with Crippen LogP contribution in [0.5, 0.6) is 0 Å². The molecule has 0 spiro atoms. The minimum Gasteiger partial charge on any atom is -0.335 e. The van der Waals surface area contributed by atoms with E-state index < -0.39 is 17.9 Å². The van der Waals surface area contributed by atoms with Crippen LogP contribution in [-0.2, 0) is 0 Å². The van der Waals surface area contributed by atoms with Crippen molar-refractivity contribution in [2.45, 2.75) is 6.43 Å². The third kappa shape index (κ3) is 3.13. The summed E-state index contributed by atoms with van der Waals surface area (Å²) >= 11 is 5.58. The van der Waals surface area contributed by atoms with Gasteiger partial charge in [-0.05, 0) is 6.07 Å². The molecule has 0 aliphatic heterocycles. The van der Waals surface area contributed by atoms with Gasteiger partial charge in [-0.25, -0.2) is 13.8 Å². The Morgan fingerprint density at radius 1 is 1.50 bits per heavy atom. The molecule has 9 heteroatoms. The fourth-order valence-corrected chi connectivity index (χ4v) is 2.00. The Hall–Kier alpha value is -1.96. The van der Waals surface area contributed by atoms with E-state index >= 15 is 0 Å². The van der Waals surface area contributed by atoms with Crippen molar-refractivity contribution in [1.29, 1.82) is 0 Å². The van der Waals surface area contributed by atoms with Gasteiger partial charge >= 0.3 is 0 Å². The van der Waals surface area contributed by atoms with Crippen molar-refractivity contribution in [3.05, 3.63) is 28.3 Å². The molecule has 0 saturated carbocycles. The lowest BCUT2D eigenvalue weighted by Gasteiger charge is -2.19. The quantitative estimate of drug-likeness (QED) is 0.506. The number of fused-ring (bicyclic) bond motifs is 1. The molecule has 0 fully saturated rings. The van der Waals surface area contributed by atoms with E-state index in [0.717, 1.165) is 0 Å². The molecule has 0 radical (unpaired) electrons. The molecule has 108 valence electrons. The third-order valence-electron chi connectivity index (χ3n) is 2.68. The second kappa shape index (κ2) is 6.00. The van der Waals surface area contributed by atoms with Crippen LogP contribution in [0.15, 0.2) is 18.2 Å². The SMILES string of the molecule is O=[N+]([O-])c1ccc2nc(N(CCCl)CC(F)F)[nH]c2c1. The van der Waals surface area contributed by atoms with Crippen LogP contribution < -0.4 is 4.90 Å². The zero-order chi connectivity index (χ0) is 14.7. The predicted octanol–water partition coefficient (Wildman–Crippen LogP) is 2.78. The number of rotatable bonds is 6. The van der Waals surface area contributed by atoms with Crippen LogP contribution in [0, 0.1) is 10.1 Å². The molecule has 0 amide bonds. The topological polar surface area (TPSA) is 75.1 Å². The Morgan fingerprint density at radius 3 is 2.85 bits per heavy atom. The highest BCUT2D eigenvalue weighted by atomic mass is 35.5. The first kappa shape index (κ1) is 14.4. The van der Waals surface area contributed by atoms with Crippen molar-refractivity contribution in [2.75, 3.05) is 23.9 Å². The Labute approximate surface area is 117 Å². The molecule has 1 aromatic heterocycles. The first-order valence-corrected chi connectivity index (χ1v) is 6.28. The van der Waals surface area contributed by atoms with Crippen molar-refractivity contribution in [3.8, 4) is 0 Å². The highest BCUT2D eigenvalue weighted by Gasteiger charge is 2.17. The summed E-state index contributed by atoms with van der Waals surface area (Å²) in [4.78, 5) is 18.4. The molecule has 1 aromatic carbocycles. The average Bonchev–Trinajstić information content (AvgIpc) is 2.80. The maximum absolute atomic E-state index is 12.5. The Kier molecular flexibility index (Phi) is 4.33. The number of aromatic nitrogens is 2. The normalized spacial score (nSPS) is 11.2. The van der Waals surface area contributed by atoms with Crippen LogP contribution in [0.2, 0.25) is 0 Å². The summed E-state index contributed by atoms with van der Waals surface area (Å²) in [6, 6.07) is 4.09. The molecule has 0 unspecified atom stereocenters. The van der Waals surface area contributed by atoms with Crippen molar-refractivity contribution in [3.63, 3.8) is 0 Å². The molecular weight excluding hydrogens is 294 g/mol. The molecule has 6 nitrogen and oxygen atoms in total. The number of aromatic amines is 1. The molecule has 0 bridgehead atoms. The Bertz CT molecular complexity index is 619. The average molecular weight is 305 g/mol. The molecule has 2 aromatic rings. The highest BCUT2D eigenvalue weighted by Crippen LogP contribution is 2.22. The van der Waals surface area contributed by atoms with E-state index in [1.165, 1.54) is 23.1 Å². The lowest BCUT2D eigenvalue weighted by Crippen LogP contribution is -2.31.